The fraction of sp³-hybridized carbons (Fsp3) is 0.348. The number of unbranched alkanes of at least 4 members (excludes halogenated alkanes) is 2. The molecule has 3 N–H and O–H groups in total. The molecule has 2 amide bonds. The number of carbonyl (C=O) groups is 3. The molecule has 0 saturated carbocycles. The summed E-state index contributed by atoms with van der Waals surface area (Å²) in [6.45, 7) is 0.634. The number of hydrogen-bond donors (Lipinski definition) is 3. The first-order chi connectivity index (χ1) is 15.4. The average molecular weight is 481 g/mol. The van der Waals surface area contributed by atoms with Crippen molar-refractivity contribution in [3.8, 4) is 0 Å². The van der Waals surface area contributed by atoms with Crippen molar-refractivity contribution in [2.24, 2.45) is 0 Å². The van der Waals surface area contributed by atoms with E-state index in [4.69, 9.17) is 27.9 Å². The summed E-state index contributed by atoms with van der Waals surface area (Å²) < 4.78 is 5.12. The van der Waals surface area contributed by atoms with Crippen molar-refractivity contribution in [2.75, 3.05) is 6.54 Å². The van der Waals surface area contributed by atoms with Crippen molar-refractivity contribution in [3.05, 3.63) is 69.7 Å². The number of halogens is 2. The predicted molar refractivity (Wildman–Crippen MR) is 123 cm³/mol. The molecule has 2 aromatic rings. The summed E-state index contributed by atoms with van der Waals surface area (Å²) in [5.41, 5.74) is 1.39. The summed E-state index contributed by atoms with van der Waals surface area (Å²) in [5, 5.41) is 15.3. The Labute approximate surface area is 197 Å². The first-order valence-electron chi connectivity index (χ1n) is 10.3. The number of rotatable bonds is 12. The molecular weight excluding hydrogens is 455 g/mol. The Balaban J connectivity index is 1.62. The molecule has 32 heavy (non-hydrogen) atoms. The molecule has 0 fully saturated rings. The zero-order chi connectivity index (χ0) is 23.3. The monoisotopic (exact) mass is 480 g/mol. The third-order valence-electron chi connectivity index (χ3n) is 4.67. The summed E-state index contributed by atoms with van der Waals surface area (Å²) in [4.78, 5) is 35.3. The number of aliphatic carboxylic acids is 1. The minimum absolute atomic E-state index is 0.00536. The smallest absolute Gasteiger partial charge is 0.407 e. The number of carboxylic acid groups (broad SMARTS) is 1. The Morgan fingerprint density at radius 1 is 0.938 bits per heavy atom. The fourth-order valence-corrected chi connectivity index (χ4v) is 3.50. The minimum Gasteiger partial charge on any atom is -0.480 e. The molecule has 0 bridgehead atoms. The Hall–Kier alpha value is -2.77. The van der Waals surface area contributed by atoms with Crippen LogP contribution in [0.15, 0.2) is 48.5 Å². The van der Waals surface area contributed by atoms with Crippen molar-refractivity contribution in [1.29, 1.82) is 0 Å². The van der Waals surface area contributed by atoms with Crippen molar-refractivity contribution in [2.45, 2.75) is 44.8 Å². The topological polar surface area (TPSA) is 105 Å². The normalized spacial score (nSPS) is 11.4. The van der Waals surface area contributed by atoms with E-state index in [0.29, 0.717) is 41.4 Å². The van der Waals surface area contributed by atoms with Gasteiger partial charge in [0.1, 0.15) is 12.6 Å². The van der Waals surface area contributed by atoms with Gasteiger partial charge >= 0.3 is 12.1 Å². The Kier molecular flexibility index (Phi) is 10.8. The van der Waals surface area contributed by atoms with Crippen molar-refractivity contribution < 1.29 is 24.2 Å². The van der Waals surface area contributed by atoms with Crippen LogP contribution in [0.1, 0.15) is 36.8 Å². The van der Waals surface area contributed by atoms with Gasteiger partial charge in [0, 0.05) is 29.4 Å². The summed E-state index contributed by atoms with van der Waals surface area (Å²) in [6.07, 6.45) is 1.61. The number of carbonyl (C=O) groups excluding carboxylic acids is 2. The van der Waals surface area contributed by atoms with E-state index in [2.05, 4.69) is 10.6 Å². The molecular formula is C23H26Cl2N2O5. The SMILES string of the molecule is O=C(CCCCCNC(=O)OCc1ccccc1)N[C@H](Cc1c(Cl)cccc1Cl)C(=O)O. The molecule has 0 aliphatic carbocycles. The zero-order valence-corrected chi connectivity index (χ0v) is 19.0. The molecule has 2 aromatic carbocycles. The van der Waals surface area contributed by atoms with E-state index in [1.807, 2.05) is 30.3 Å². The molecule has 0 unspecified atom stereocenters. The van der Waals surface area contributed by atoms with Gasteiger partial charge in [-0.15, -0.1) is 0 Å². The number of alkyl carbamates (subject to hydrolysis) is 1. The van der Waals surface area contributed by atoms with Crippen LogP contribution >= 0.6 is 23.2 Å². The number of ether oxygens (including phenoxy) is 1. The van der Waals surface area contributed by atoms with Crippen molar-refractivity contribution in [1.82, 2.24) is 10.6 Å². The molecule has 2 rings (SSSR count). The first kappa shape index (κ1) is 25.5. The average Bonchev–Trinajstić information content (AvgIpc) is 2.77. The zero-order valence-electron chi connectivity index (χ0n) is 17.5. The van der Waals surface area contributed by atoms with Crippen LogP contribution in [-0.4, -0.2) is 35.7 Å². The van der Waals surface area contributed by atoms with Crippen LogP contribution in [0.2, 0.25) is 10.0 Å². The lowest BCUT2D eigenvalue weighted by molar-refractivity contribution is -0.141. The van der Waals surface area contributed by atoms with Gasteiger partial charge in [-0.25, -0.2) is 9.59 Å². The standard InChI is InChI=1S/C23H26Cl2N2O5/c24-18-10-7-11-19(25)17(18)14-20(22(29)30)27-21(28)12-5-2-6-13-26-23(31)32-15-16-8-3-1-4-9-16/h1,3-4,7-11,20H,2,5-6,12-15H2,(H,26,31)(H,27,28)(H,29,30)/t20-/m1/s1. The van der Waals surface area contributed by atoms with E-state index >= 15 is 0 Å². The van der Waals surface area contributed by atoms with E-state index < -0.39 is 18.1 Å². The first-order valence-corrected chi connectivity index (χ1v) is 11.0. The number of amides is 2. The second kappa shape index (κ2) is 13.6. The van der Waals surface area contributed by atoms with Gasteiger partial charge in [-0.1, -0.05) is 66.0 Å². The van der Waals surface area contributed by atoms with Gasteiger partial charge in [-0.2, -0.15) is 0 Å². The van der Waals surface area contributed by atoms with E-state index in [-0.39, 0.29) is 25.4 Å². The van der Waals surface area contributed by atoms with Gasteiger partial charge in [0.2, 0.25) is 5.91 Å². The van der Waals surface area contributed by atoms with Crippen LogP contribution in [0.25, 0.3) is 0 Å². The summed E-state index contributed by atoms with van der Waals surface area (Å²) in [7, 11) is 0. The molecule has 0 aromatic heterocycles. The number of nitrogens with one attached hydrogen (secondary N) is 2. The molecule has 0 aliphatic heterocycles. The third kappa shape index (κ3) is 9.16. The van der Waals surface area contributed by atoms with Crippen LogP contribution in [0.4, 0.5) is 4.79 Å². The van der Waals surface area contributed by atoms with Crippen LogP contribution in [0.3, 0.4) is 0 Å². The molecule has 0 saturated heterocycles. The van der Waals surface area contributed by atoms with Gasteiger partial charge in [0.05, 0.1) is 0 Å². The Morgan fingerprint density at radius 2 is 1.62 bits per heavy atom. The van der Waals surface area contributed by atoms with Gasteiger partial charge in [-0.3, -0.25) is 4.79 Å². The summed E-state index contributed by atoms with van der Waals surface area (Å²) in [6, 6.07) is 13.2. The van der Waals surface area contributed by atoms with Crippen LogP contribution in [-0.2, 0) is 27.4 Å². The lowest BCUT2D eigenvalue weighted by atomic mass is 10.1. The molecule has 9 heteroatoms. The molecule has 0 radical (unpaired) electrons. The van der Waals surface area contributed by atoms with Crippen molar-refractivity contribution in [3.63, 3.8) is 0 Å². The minimum atomic E-state index is -1.16. The molecule has 1 atom stereocenters. The van der Waals surface area contributed by atoms with E-state index in [9.17, 15) is 19.5 Å². The van der Waals surface area contributed by atoms with Crippen LogP contribution in [0.5, 0.6) is 0 Å². The van der Waals surface area contributed by atoms with Crippen molar-refractivity contribution >= 4 is 41.2 Å². The number of benzene rings is 2. The van der Waals surface area contributed by atoms with E-state index in [1.54, 1.807) is 18.2 Å². The predicted octanol–water partition coefficient (Wildman–Crippen LogP) is 4.59. The van der Waals surface area contributed by atoms with Gasteiger partial charge in [0.25, 0.3) is 0 Å². The van der Waals surface area contributed by atoms with Gasteiger partial charge < -0.3 is 20.5 Å². The van der Waals surface area contributed by atoms with E-state index in [1.165, 1.54) is 0 Å². The van der Waals surface area contributed by atoms with Gasteiger partial charge in [0.15, 0.2) is 0 Å². The van der Waals surface area contributed by atoms with Gasteiger partial charge in [-0.05, 0) is 36.1 Å². The Morgan fingerprint density at radius 3 is 2.28 bits per heavy atom. The highest BCUT2D eigenvalue weighted by Crippen LogP contribution is 2.25. The summed E-state index contributed by atoms with van der Waals surface area (Å²) >= 11 is 12.2. The number of hydrogen-bond acceptors (Lipinski definition) is 4. The fourth-order valence-electron chi connectivity index (χ4n) is 2.95. The summed E-state index contributed by atoms with van der Waals surface area (Å²) in [5.74, 6) is -1.52. The lowest BCUT2D eigenvalue weighted by Crippen LogP contribution is -2.42. The molecule has 172 valence electrons. The van der Waals surface area contributed by atoms with Crippen LogP contribution in [0, 0.1) is 0 Å². The van der Waals surface area contributed by atoms with E-state index in [0.717, 1.165) is 5.56 Å². The maximum Gasteiger partial charge on any atom is 0.407 e. The van der Waals surface area contributed by atoms with Crippen LogP contribution < -0.4 is 10.6 Å². The molecule has 0 spiro atoms. The largest absolute Gasteiger partial charge is 0.480 e. The highest BCUT2D eigenvalue weighted by Gasteiger charge is 2.22. The maximum atomic E-state index is 12.1. The molecule has 7 nitrogen and oxygen atoms in total. The highest BCUT2D eigenvalue weighted by molar-refractivity contribution is 6.36. The lowest BCUT2D eigenvalue weighted by Gasteiger charge is -2.16. The second-order valence-electron chi connectivity index (χ2n) is 7.16. The third-order valence-corrected chi connectivity index (χ3v) is 5.37. The highest BCUT2D eigenvalue weighted by atomic mass is 35.5. The number of carboxylic acids is 1. The second-order valence-corrected chi connectivity index (χ2v) is 7.98. The molecule has 0 heterocycles. The maximum absolute atomic E-state index is 12.1. The quantitative estimate of drug-likeness (QED) is 0.385. The Bertz CT molecular complexity index is 888. The molecule has 0 aliphatic rings.